The SMILES string of the molecule is Cc1ccc(-c2ccccc2)cc1N(C1=CCC2c3cc4c(cc3-n3c2c1c1ccccc13)C1CC=C(N(c2cc(-c3ccccc3)ccc2C)c2cc(-c3ccccc3)ccc2C)c2c1n-4c1ccccc21)c1cc(-c2ccccc2)ccc1C. The molecule has 0 amide bonds. The fourth-order valence-corrected chi connectivity index (χ4v) is 15.1. The molecule has 17 rings (SSSR count). The molecule has 13 aromatic rings. The third-order valence-electron chi connectivity index (χ3n) is 19.2. The summed E-state index contributed by atoms with van der Waals surface area (Å²) in [4.78, 5) is 5.22. The van der Waals surface area contributed by atoms with Gasteiger partial charge in [-0.2, -0.15) is 0 Å². The summed E-state index contributed by atoms with van der Waals surface area (Å²) in [6.45, 7) is 9.11. The largest absolute Gasteiger partial charge is 0.312 e. The number of hydrogen-bond donors (Lipinski definition) is 0. The molecule has 11 aromatic carbocycles. The van der Waals surface area contributed by atoms with Crippen LogP contribution < -0.4 is 9.80 Å². The lowest BCUT2D eigenvalue weighted by molar-refractivity contribution is 0.809. The molecule has 4 aliphatic rings. The van der Waals surface area contributed by atoms with Crippen molar-refractivity contribution in [1.82, 2.24) is 9.13 Å². The van der Waals surface area contributed by atoms with Crippen molar-refractivity contribution in [1.29, 1.82) is 0 Å². The van der Waals surface area contributed by atoms with E-state index < -0.39 is 0 Å². The summed E-state index contributed by atoms with van der Waals surface area (Å²) >= 11 is 0. The van der Waals surface area contributed by atoms with Gasteiger partial charge >= 0.3 is 0 Å². The Balaban J connectivity index is 0.844. The van der Waals surface area contributed by atoms with Gasteiger partial charge in [0.2, 0.25) is 0 Å². The van der Waals surface area contributed by atoms with E-state index in [4.69, 9.17) is 0 Å². The maximum Gasteiger partial charge on any atom is 0.0538 e. The Morgan fingerprint density at radius 1 is 0.302 bits per heavy atom. The first-order valence-electron chi connectivity index (χ1n) is 30.5. The second-order valence-electron chi connectivity index (χ2n) is 24.1. The van der Waals surface area contributed by atoms with Gasteiger partial charge in [0.15, 0.2) is 0 Å². The zero-order valence-electron chi connectivity index (χ0n) is 48.8. The van der Waals surface area contributed by atoms with Gasteiger partial charge < -0.3 is 18.9 Å². The fraction of sp³-hybridized carbons (Fsp3) is 0.0976. The van der Waals surface area contributed by atoms with Crippen molar-refractivity contribution in [3.05, 3.63) is 323 Å². The quantitative estimate of drug-likeness (QED) is 0.136. The van der Waals surface area contributed by atoms with Gasteiger partial charge in [0.25, 0.3) is 0 Å². The van der Waals surface area contributed by atoms with Crippen molar-refractivity contribution in [3.63, 3.8) is 0 Å². The highest BCUT2D eigenvalue weighted by Crippen LogP contribution is 2.59. The van der Waals surface area contributed by atoms with Crippen LogP contribution in [0.3, 0.4) is 0 Å². The number of allylic oxidation sites excluding steroid dienone is 2. The molecule has 0 saturated carbocycles. The van der Waals surface area contributed by atoms with E-state index in [0.29, 0.717) is 0 Å². The summed E-state index contributed by atoms with van der Waals surface area (Å²) < 4.78 is 5.33. The summed E-state index contributed by atoms with van der Waals surface area (Å²) in [5, 5.41) is 2.57. The van der Waals surface area contributed by atoms with Crippen LogP contribution in [0.25, 0.3) is 89.1 Å². The van der Waals surface area contributed by atoms with Crippen LogP contribution >= 0.6 is 0 Å². The molecule has 2 unspecified atom stereocenters. The highest BCUT2D eigenvalue weighted by Gasteiger charge is 2.44. The predicted octanol–water partition coefficient (Wildman–Crippen LogP) is 21.5. The van der Waals surface area contributed by atoms with Crippen LogP contribution in [0.5, 0.6) is 0 Å². The average Bonchev–Trinajstić information content (AvgIpc) is 1.56. The van der Waals surface area contributed by atoms with Crippen LogP contribution in [-0.4, -0.2) is 9.13 Å². The molecule has 0 spiro atoms. The van der Waals surface area contributed by atoms with Gasteiger partial charge in [-0.1, -0.05) is 218 Å². The standard InChI is InChI=1S/C82H62N4/c1-51-33-37-59(55-21-9-5-10-22-55)45-73(51)83(74-46-60(38-34-52(74)2)56-23-11-6-12-24-56)71-43-41-63-67-49-78-68(50-77(67)85-69-31-19-17-29-65(69)79(71)81(63)85)64-42-44-72(80-66-30-18-20-32-70(66)86(78)82(64)80)84(75-47-61(39-35-53(75)3)57-25-13-7-14-26-57)76-48-62(40-36-54(76)4)58-27-15-8-16-28-58/h5-40,43-50,63-64H,41-42H2,1-4H3. The Morgan fingerprint density at radius 2 is 0.593 bits per heavy atom. The second-order valence-corrected chi connectivity index (χ2v) is 24.1. The van der Waals surface area contributed by atoms with Gasteiger partial charge in [0.05, 0.1) is 33.8 Å². The number of nitrogens with zero attached hydrogens (tertiary/aromatic N) is 4. The van der Waals surface area contributed by atoms with Crippen molar-refractivity contribution < 1.29 is 0 Å². The smallest absolute Gasteiger partial charge is 0.0538 e. The topological polar surface area (TPSA) is 16.3 Å². The Kier molecular flexibility index (Phi) is 11.4. The Labute approximate surface area is 503 Å². The van der Waals surface area contributed by atoms with Gasteiger partial charge in [0.1, 0.15) is 0 Å². The molecule has 2 aliphatic carbocycles. The van der Waals surface area contributed by atoms with Crippen molar-refractivity contribution in [2.45, 2.75) is 52.4 Å². The first-order chi connectivity index (χ1) is 42.3. The fourth-order valence-electron chi connectivity index (χ4n) is 15.1. The minimum absolute atomic E-state index is 0.162. The first kappa shape index (κ1) is 50.1. The number of aryl methyl sites for hydroxylation is 4. The maximum atomic E-state index is 2.67. The van der Waals surface area contributed by atoms with Crippen molar-refractivity contribution in [2.24, 2.45) is 0 Å². The minimum atomic E-state index is 0.162. The van der Waals surface area contributed by atoms with Crippen molar-refractivity contribution in [3.8, 4) is 55.9 Å². The molecule has 0 fully saturated rings. The van der Waals surface area contributed by atoms with Gasteiger partial charge in [-0.15, -0.1) is 0 Å². The number of rotatable bonds is 10. The van der Waals surface area contributed by atoms with E-state index in [0.717, 1.165) is 12.8 Å². The molecule has 0 radical (unpaired) electrons. The average molecular weight is 1100 g/mol. The summed E-state index contributed by atoms with van der Waals surface area (Å²) in [7, 11) is 0. The summed E-state index contributed by atoms with van der Waals surface area (Å²) in [6.07, 6.45) is 6.89. The molecule has 2 aromatic heterocycles. The maximum absolute atomic E-state index is 2.67. The zero-order chi connectivity index (χ0) is 57.3. The molecule has 0 saturated heterocycles. The van der Waals surface area contributed by atoms with Gasteiger partial charge in [-0.3, -0.25) is 0 Å². The van der Waals surface area contributed by atoms with E-state index in [1.54, 1.807) is 0 Å². The Bertz CT molecular complexity index is 4490. The molecular formula is C82H62N4. The van der Waals surface area contributed by atoms with Crippen molar-refractivity contribution >= 4 is 55.9 Å². The van der Waals surface area contributed by atoms with E-state index in [-0.39, 0.29) is 11.8 Å². The van der Waals surface area contributed by atoms with Gasteiger partial charge in [0, 0.05) is 67.9 Å². The zero-order valence-corrected chi connectivity index (χ0v) is 48.8. The van der Waals surface area contributed by atoms with Crippen LogP contribution in [0.4, 0.5) is 22.7 Å². The lowest BCUT2D eigenvalue weighted by atomic mass is 9.82. The highest BCUT2D eigenvalue weighted by molar-refractivity contribution is 6.07. The monoisotopic (exact) mass is 1100 g/mol. The first-order valence-corrected chi connectivity index (χ1v) is 30.5. The van der Waals surface area contributed by atoms with E-state index in [1.807, 2.05) is 0 Å². The van der Waals surface area contributed by atoms with E-state index in [9.17, 15) is 0 Å². The molecule has 4 heteroatoms. The molecule has 4 heterocycles. The van der Waals surface area contributed by atoms with Crippen LogP contribution in [0.2, 0.25) is 0 Å². The van der Waals surface area contributed by atoms with Crippen LogP contribution in [0, 0.1) is 27.7 Å². The minimum Gasteiger partial charge on any atom is -0.312 e. The van der Waals surface area contributed by atoms with Crippen molar-refractivity contribution in [2.75, 3.05) is 9.80 Å². The number of anilines is 4. The number of hydrogen-bond acceptors (Lipinski definition) is 2. The summed E-state index contributed by atoms with van der Waals surface area (Å²) in [6, 6.07) is 95.1. The van der Waals surface area contributed by atoms with Crippen LogP contribution in [0.15, 0.2) is 267 Å². The molecule has 2 atom stereocenters. The molecule has 410 valence electrons. The van der Waals surface area contributed by atoms with E-state index >= 15 is 0 Å². The van der Waals surface area contributed by atoms with Crippen LogP contribution in [-0.2, 0) is 0 Å². The molecule has 86 heavy (non-hydrogen) atoms. The van der Waals surface area contributed by atoms with Gasteiger partial charge in [-0.05, 0) is 167 Å². The molecule has 0 N–H and O–H groups in total. The molecule has 4 nitrogen and oxygen atoms in total. The van der Waals surface area contributed by atoms with Gasteiger partial charge in [-0.25, -0.2) is 0 Å². The predicted molar refractivity (Wildman–Crippen MR) is 360 cm³/mol. The second kappa shape index (κ2) is 19.6. The lowest BCUT2D eigenvalue weighted by Crippen LogP contribution is -2.21. The number of benzene rings is 11. The molecular weight excluding hydrogens is 1040 g/mol. The van der Waals surface area contributed by atoms with E-state index in [1.165, 1.54) is 168 Å². The van der Waals surface area contributed by atoms with E-state index in [2.05, 4.69) is 314 Å². The summed E-state index contributed by atoms with van der Waals surface area (Å²) in [5.41, 5.74) is 35.1. The van der Waals surface area contributed by atoms with Crippen LogP contribution in [0.1, 0.15) is 80.6 Å². The summed E-state index contributed by atoms with van der Waals surface area (Å²) in [5.74, 6) is 0.323. The highest BCUT2D eigenvalue weighted by atomic mass is 15.2. The molecule has 0 bridgehead atoms. The Morgan fingerprint density at radius 3 is 0.907 bits per heavy atom. The lowest BCUT2D eigenvalue weighted by Gasteiger charge is -2.34. The third-order valence-corrected chi connectivity index (χ3v) is 19.2. The normalized spacial score (nSPS) is 15.0. The Hall–Kier alpha value is -10.4. The number of para-hydroxylation sites is 2. The third kappa shape index (κ3) is 7.62. The number of aromatic nitrogens is 2. The number of fused-ring (bicyclic) bond motifs is 12. The molecule has 2 aliphatic heterocycles.